The fraction of sp³-hybridized carbons (Fsp3) is 1.00. The van der Waals surface area contributed by atoms with Crippen LogP contribution in [0, 0.1) is 5.92 Å². The van der Waals surface area contributed by atoms with Crippen LogP contribution in [0.1, 0.15) is 64.7 Å². The van der Waals surface area contributed by atoms with Gasteiger partial charge in [-0.15, -0.1) is 0 Å². The van der Waals surface area contributed by atoms with Gasteiger partial charge in [0.1, 0.15) is 0 Å². The van der Waals surface area contributed by atoms with Gasteiger partial charge in [-0.25, -0.2) is 0 Å². The third-order valence-electron chi connectivity index (χ3n) is 4.39. The van der Waals surface area contributed by atoms with Gasteiger partial charge < -0.3 is 10.5 Å². The molecule has 2 fully saturated rings. The molecule has 0 aromatic rings. The van der Waals surface area contributed by atoms with Crippen LogP contribution in [0.15, 0.2) is 0 Å². The molecule has 1 unspecified atom stereocenters. The van der Waals surface area contributed by atoms with Gasteiger partial charge in [-0.05, 0) is 38.5 Å². The van der Waals surface area contributed by atoms with Crippen molar-refractivity contribution in [3.05, 3.63) is 0 Å². The topological polar surface area (TPSA) is 35.2 Å². The lowest BCUT2D eigenvalue weighted by Crippen LogP contribution is -2.51. The fourth-order valence-electron chi connectivity index (χ4n) is 3.14. The maximum Gasteiger partial charge on any atom is 0.0832 e. The molecule has 2 N–H and O–H groups in total. The van der Waals surface area contributed by atoms with Crippen molar-refractivity contribution in [3.63, 3.8) is 0 Å². The largest absolute Gasteiger partial charge is 0.374 e. The molecule has 0 spiro atoms. The summed E-state index contributed by atoms with van der Waals surface area (Å²) in [6.45, 7) is 2.92. The molecule has 2 saturated carbocycles. The van der Waals surface area contributed by atoms with E-state index in [0.717, 1.165) is 12.5 Å². The minimum absolute atomic E-state index is 0.0297. The van der Waals surface area contributed by atoms with Crippen molar-refractivity contribution in [1.82, 2.24) is 0 Å². The Hall–Kier alpha value is -0.0800. The number of ether oxygens (including phenoxy) is 1. The molecule has 94 valence electrons. The zero-order chi connectivity index (χ0) is 11.4. The summed E-state index contributed by atoms with van der Waals surface area (Å²) in [5, 5.41) is 0. The molecule has 2 aliphatic carbocycles. The summed E-state index contributed by atoms with van der Waals surface area (Å²) in [6.07, 6.45) is 11.7. The molecule has 2 heteroatoms. The molecule has 0 aromatic carbocycles. The third kappa shape index (κ3) is 2.98. The lowest BCUT2D eigenvalue weighted by Gasteiger charge is -2.41. The Bertz CT molecular complexity index is 201. The van der Waals surface area contributed by atoms with Crippen molar-refractivity contribution in [2.45, 2.75) is 76.4 Å². The molecule has 2 rings (SSSR count). The summed E-state index contributed by atoms with van der Waals surface area (Å²) in [6, 6.07) is 0.272. The quantitative estimate of drug-likeness (QED) is 0.753. The zero-order valence-corrected chi connectivity index (χ0v) is 10.7. The Morgan fingerprint density at radius 1 is 1.25 bits per heavy atom. The van der Waals surface area contributed by atoms with Crippen molar-refractivity contribution in [2.75, 3.05) is 6.61 Å². The van der Waals surface area contributed by atoms with Gasteiger partial charge in [0.05, 0.1) is 5.60 Å². The number of rotatable bonds is 6. The third-order valence-corrected chi connectivity index (χ3v) is 4.39. The minimum Gasteiger partial charge on any atom is -0.374 e. The number of hydrogen-bond donors (Lipinski definition) is 1. The second kappa shape index (κ2) is 5.50. The maximum absolute atomic E-state index is 6.42. The van der Waals surface area contributed by atoms with Crippen LogP contribution in [0.4, 0.5) is 0 Å². The Morgan fingerprint density at radius 2 is 1.94 bits per heavy atom. The van der Waals surface area contributed by atoms with Crippen LogP contribution in [-0.2, 0) is 4.74 Å². The van der Waals surface area contributed by atoms with Crippen LogP contribution >= 0.6 is 0 Å². The van der Waals surface area contributed by atoms with Crippen molar-refractivity contribution < 1.29 is 4.74 Å². The molecule has 2 nitrogen and oxygen atoms in total. The van der Waals surface area contributed by atoms with Crippen LogP contribution in [0.3, 0.4) is 0 Å². The minimum atomic E-state index is 0.0297. The Morgan fingerprint density at radius 3 is 2.50 bits per heavy atom. The SMILES string of the molecule is CCOC1(C(N)CCC2CC2)CCCCC1. The van der Waals surface area contributed by atoms with E-state index >= 15 is 0 Å². The number of nitrogens with two attached hydrogens (primary N) is 1. The Kier molecular flexibility index (Phi) is 4.26. The summed E-state index contributed by atoms with van der Waals surface area (Å²) in [5.74, 6) is 0.994. The average Bonchev–Trinajstić information content (AvgIpc) is 3.11. The summed E-state index contributed by atoms with van der Waals surface area (Å²) in [4.78, 5) is 0. The number of hydrogen-bond acceptors (Lipinski definition) is 2. The molecule has 2 aliphatic rings. The molecule has 0 bridgehead atoms. The van der Waals surface area contributed by atoms with E-state index in [1.807, 2.05) is 0 Å². The van der Waals surface area contributed by atoms with Gasteiger partial charge >= 0.3 is 0 Å². The van der Waals surface area contributed by atoms with Gasteiger partial charge in [-0.2, -0.15) is 0 Å². The normalized spacial score (nSPS) is 26.6. The van der Waals surface area contributed by atoms with Crippen LogP contribution in [-0.4, -0.2) is 18.2 Å². The molecule has 16 heavy (non-hydrogen) atoms. The standard InChI is InChI=1S/C14H27NO/c1-2-16-14(10-4-3-5-11-14)13(15)9-8-12-6-7-12/h12-13H,2-11,15H2,1H3. The summed E-state index contributed by atoms with van der Waals surface area (Å²) < 4.78 is 6.06. The first-order chi connectivity index (χ1) is 7.77. The van der Waals surface area contributed by atoms with E-state index in [1.165, 1.54) is 57.8 Å². The first-order valence-corrected chi connectivity index (χ1v) is 7.16. The van der Waals surface area contributed by atoms with E-state index in [-0.39, 0.29) is 11.6 Å². The Balaban J connectivity index is 1.87. The van der Waals surface area contributed by atoms with E-state index < -0.39 is 0 Å². The second-order valence-electron chi connectivity index (χ2n) is 5.69. The van der Waals surface area contributed by atoms with Crippen molar-refractivity contribution in [2.24, 2.45) is 11.7 Å². The Labute approximate surface area is 99.9 Å². The van der Waals surface area contributed by atoms with Gasteiger partial charge in [-0.3, -0.25) is 0 Å². The lowest BCUT2D eigenvalue weighted by molar-refractivity contribution is -0.0838. The van der Waals surface area contributed by atoms with Gasteiger partial charge in [0.25, 0.3) is 0 Å². The van der Waals surface area contributed by atoms with Crippen LogP contribution < -0.4 is 5.73 Å². The van der Waals surface area contributed by atoms with E-state index in [0.29, 0.717) is 0 Å². The van der Waals surface area contributed by atoms with E-state index in [9.17, 15) is 0 Å². The molecule has 0 amide bonds. The molecular formula is C14H27NO. The first-order valence-electron chi connectivity index (χ1n) is 7.16. The van der Waals surface area contributed by atoms with Gasteiger partial charge in [0.2, 0.25) is 0 Å². The molecular weight excluding hydrogens is 198 g/mol. The average molecular weight is 225 g/mol. The predicted octanol–water partition coefficient (Wildman–Crippen LogP) is 3.24. The van der Waals surface area contributed by atoms with E-state index in [1.54, 1.807) is 0 Å². The first kappa shape index (κ1) is 12.4. The summed E-state index contributed by atoms with van der Waals surface area (Å²) in [7, 11) is 0. The summed E-state index contributed by atoms with van der Waals surface area (Å²) >= 11 is 0. The highest BCUT2D eigenvalue weighted by molar-refractivity contribution is 4.94. The highest BCUT2D eigenvalue weighted by atomic mass is 16.5. The molecule has 1 atom stereocenters. The second-order valence-corrected chi connectivity index (χ2v) is 5.69. The predicted molar refractivity (Wildman–Crippen MR) is 67.4 cm³/mol. The lowest BCUT2D eigenvalue weighted by atomic mass is 9.77. The van der Waals surface area contributed by atoms with Gasteiger partial charge in [0.15, 0.2) is 0 Å². The maximum atomic E-state index is 6.42. The molecule has 0 aromatic heterocycles. The van der Waals surface area contributed by atoms with Crippen molar-refractivity contribution in [1.29, 1.82) is 0 Å². The van der Waals surface area contributed by atoms with Crippen LogP contribution in [0.5, 0.6) is 0 Å². The van der Waals surface area contributed by atoms with Crippen molar-refractivity contribution >= 4 is 0 Å². The monoisotopic (exact) mass is 225 g/mol. The van der Waals surface area contributed by atoms with Crippen molar-refractivity contribution in [3.8, 4) is 0 Å². The molecule has 0 aliphatic heterocycles. The van der Waals surface area contributed by atoms with Crippen LogP contribution in [0.25, 0.3) is 0 Å². The highest BCUT2D eigenvalue weighted by Crippen LogP contribution is 2.38. The fourth-order valence-corrected chi connectivity index (χ4v) is 3.14. The highest BCUT2D eigenvalue weighted by Gasteiger charge is 2.39. The van der Waals surface area contributed by atoms with Gasteiger partial charge in [0, 0.05) is 12.6 Å². The molecule has 0 heterocycles. The summed E-state index contributed by atoms with van der Waals surface area (Å²) in [5.41, 5.74) is 6.45. The van der Waals surface area contributed by atoms with Crippen LogP contribution in [0.2, 0.25) is 0 Å². The molecule has 0 radical (unpaired) electrons. The van der Waals surface area contributed by atoms with E-state index in [2.05, 4.69) is 6.92 Å². The van der Waals surface area contributed by atoms with Gasteiger partial charge in [-0.1, -0.05) is 32.1 Å². The molecule has 0 saturated heterocycles. The van der Waals surface area contributed by atoms with E-state index in [4.69, 9.17) is 10.5 Å². The smallest absolute Gasteiger partial charge is 0.0832 e. The zero-order valence-electron chi connectivity index (χ0n) is 10.7.